The highest BCUT2D eigenvalue weighted by Crippen LogP contribution is 2.32. The third kappa shape index (κ3) is 1.69. The zero-order valence-corrected chi connectivity index (χ0v) is 7.76. The number of alkyl halides is 2. The minimum atomic E-state index is -5.96. The Balaban J connectivity index is 3.16. The topological polar surface area (TPSA) is 80.8 Å². The van der Waals surface area contributed by atoms with Gasteiger partial charge in [0.15, 0.2) is 0 Å². The summed E-state index contributed by atoms with van der Waals surface area (Å²) in [5, 5.41) is -5.02. The van der Waals surface area contributed by atoms with Crippen LogP contribution in [0.5, 0.6) is 0 Å². The fraction of sp³-hybridized carbons (Fsp3) is 0.600. The van der Waals surface area contributed by atoms with E-state index >= 15 is 0 Å². The Hall–Kier alpha value is -1.16. The summed E-state index contributed by atoms with van der Waals surface area (Å²) >= 11 is 0. The van der Waals surface area contributed by atoms with E-state index in [2.05, 4.69) is 4.39 Å². The molecule has 1 rings (SSSR count). The van der Waals surface area contributed by atoms with Crippen LogP contribution < -0.4 is 0 Å². The summed E-state index contributed by atoms with van der Waals surface area (Å²) in [5.41, 5.74) is 0. The summed E-state index contributed by atoms with van der Waals surface area (Å²) < 4.78 is 60.1. The van der Waals surface area contributed by atoms with Crippen LogP contribution in [0.2, 0.25) is 0 Å². The van der Waals surface area contributed by atoms with Crippen molar-refractivity contribution < 1.29 is 35.7 Å². The molecule has 1 aliphatic heterocycles. The molecule has 10 heteroatoms. The van der Waals surface area contributed by atoms with Gasteiger partial charge < -0.3 is 0 Å². The van der Waals surface area contributed by atoms with Gasteiger partial charge in [-0.25, -0.2) is 4.90 Å². The normalized spacial score (nSPS) is 18.7. The van der Waals surface area contributed by atoms with Crippen LogP contribution in [-0.2, 0) is 24.1 Å². The lowest BCUT2D eigenvalue weighted by Gasteiger charge is -2.21. The van der Waals surface area contributed by atoms with Gasteiger partial charge >= 0.3 is 15.5 Å². The van der Waals surface area contributed by atoms with Gasteiger partial charge in [-0.1, -0.05) is 4.39 Å². The Bertz CT molecular complexity index is 389. The Morgan fingerprint density at radius 3 is 1.93 bits per heavy atom. The van der Waals surface area contributed by atoms with Crippen LogP contribution in [0.1, 0.15) is 12.8 Å². The maximum absolute atomic E-state index is 12.9. The first-order chi connectivity index (χ1) is 6.74. The van der Waals surface area contributed by atoms with Gasteiger partial charge in [0.1, 0.15) is 0 Å². The molecule has 0 bridgehead atoms. The van der Waals surface area contributed by atoms with Crippen LogP contribution >= 0.6 is 0 Å². The lowest BCUT2D eigenvalue weighted by molar-refractivity contribution is -0.162. The van der Waals surface area contributed by atoms with E-state index < -0.39 is 45.1 Å². The van der Waals surface area contributed by atoms with Crippen LogP contribution in [0.3, 0.4) is 0 Å². The summed E-state index contributed by atoms with van der Waals surface area (Å²) in [6.45, 7) is 0. The standard InChI is InChI=1S/C5H4F3NO5S/c6-5(7,15(12,13)14-8)9-3(10)1-2-4(9)11/h1-2H2. The van der Waals surface area contributed by atoms with Gasteiger partial charge in [0.25, 0.3) is 0 Å². The van der Waals surface area contributed by atoms with Crippen molar-refractivity contribution in [1.29, 1.82) is 0 Å². The van der Waals surface area contributed by atoms with Crippen molar-refractivity contribution in [1.82, 2.24) is 4.90 Å². The van der Waals surface area contributed by atoms with Crippen LogP contribution in [-0.4, -0.2) is 30.5 Å². The molecular weight excluding hydrogens is 243 g/mol. The van der Waals surface area contributed by atoms with Gasteiger partial charge in [0.2, 0.25) is 11.8 Å². The van der Waals surface area contributed by atoms with Crippen molar-refractivity contribution in [2.24, 2.45) is 0 Å². The van der Waals surface area contributed by atoms with Crippen molar-refractivity contribution in [3.63, 3.8) is 0 Å². The number of hydrogen-bond donors (Lipinski definition) is 0. The predicted octanol–water partition coefficient (Wildman–Crippen LogP) is -0.0834. The predicted molar refractivity (Wildman–Crippen MR) is 37.1 cm³/mol. The molecule has 2 amide bonds. The molecule has 86 valence electrons. The lowest BCUT2D eigenvalue weighted by atomic mass is 10.4. The fourth-order valence-electron chi connectivity index (χ4n) is 1.02. The number of carbonyl (C=O) groups is 2. The summed E-state index contributed by atoms with van der Waals surface area (Å²) in [7, 11) is -5.96. The number of carbonyl (C=O) groups excluding carboxylic acids is 2. The summed E-state index contributed by atoms with van der Waals surface area (Å²) in [4.78, 5) is 20.7. The molecule has 0 aromatic rings. The Morgan fingerprint density at radius 1 is 1.20 bits per heavy atom. The van der Waals surface area contributed by atoms with E-state index in [1.54, 1.807) is 0 Å². The Morgan fingerprint density at radius 2 is 1.60 bits per heavy atom. The number of imide groups is 1. The smallest absolute Gasteiger partial charge is 0.274 e. The largest absolute Gasteiger partial charge is 0.465 e. The third-order valence-electron chi connectivity index (χ3n) is 1.70. The molecule has 0 aliphatic carbocycles. The lowest BCUT2D eigenvalue weighted by Crippen LogP contribution is -2.50. The van der Waals surface area contributed by atoms with E-state index in [1.807, 2.05) is 0 Å². The van der Waals surface area contributed by atoms with Crippen molar-refractivity contribution in [3.8, 4) is 0 Å². The van der Waals surface area contributed by atoms with Gasteiger partial charge in [-0.3, -0.25) is 9.59 Å². The van der Waals surface area contributed by atoms with Crippen molar-refractivity contribution >= 4 is 21.9 Å². The molecule has 1 aliphatic rings. The molecule has 0 aromatic carbocycles. The first-order valence-corrected chi connectivity index (χ1v) is 4.93. The van der Waals surface area contributed by atoms with Gasteiger partial charge in [-0.05, 0) is 4.53 Å². The van der Waals surface area contributed by atoms with Crippen molar-refractivity contribution in [3.05, 3.63) is 0 Å². The van der Waals surface area contributed by atoms with Crippen molar-refractivity contribution in [2.75, 3.05) is 0 Å². The monoisotopic (exact) mass is 247 g/mol. The van der Waals surface area contributed by atoms with E-state index in [9.17, 15) is 31.3 Å². The Kier molecular flexibility index (Phi) is 2.74. The number of hydrogen-bond acceptors (Lipinski definition) is 5. The molecule has 1 fully saturated rings. The summed E-state index contributed by atoms with van der Waals surface area (Å²) in [6, 6.07) is 0. The van der Waals surface area contributed by atoms with Gasteiger partial charge in [0, 0.05) is 12.8 Å². The molecule has 0 unspecified atom stereocenters. The third-order valence-corrected chi connectivity index (χ3v) is 2.65. The first kappa shape index (κ1) is 11.9. The molecule has 0 N–H and O–H groups in total. The van der Waals surface area contributed by atoms with E-state index in [1.165, 1.54) is 0 Å². The van der Waals surface area contributed by atoms with E-state index in [0.717, 1.165) is 0 Å². The van der Waals surface area contributed by atoms with E-state index in [4.69, 9.17) is 0 Å². The minimum absolute atomic E-state index is 0.545. The summed E-state index contributed by atoms with van der Waals surface area (Å²) in [5.74, 6) is -2.80. The molecule has 0 atom stereocenters. The zero-order chi connectivity index (χ0) is 11.9. The number of nitrogens with zero attached hydrogens (tertiary/aromatic N) is 1. The van der Waals surface area contributed by atoms with Crippen LogP contribution in [0, 0.1) is 0 Å². The Labute approximate surface area is 81.6 Å². The average molecular weight is 247 g/mol. The molecule has 0 radical (unpaired) electrons. The van der Waals surface area contributed by atoms with Crippen LogP contribution in [0.4, 0.5) is 13.3 Å². The zero-order valence-electron chi connectivity index (χ0n) is 6.94. The highest BCUT2D eigenvalue weighted by Gasteiger charge is 2.59. The van der Waals surface area contributed by atoms with E-state index in [-0.39, 0.29) is 0 Å². The van der Waals surface area contributed by atoms with Crippen molar-refractivity contribution in [2.45, 2.75) is 18.2 Å². The minimum Gasteiger partial charge on any atom is -0.274 e. The fourth-order valence-corrected chi connectivity index (χ4v) is 1.52. The SMILES string of the molecule is O=C1CCC(=O)N1C(F)(F)S(=O)(=O)OF. The summed E-state index contributed by atoms with van der Waals surface area (Å²) in [6.07, 6.45) is -1.09. The molecule has 1 saturated heterocycles. The second-order valence-corrected chi connectivity index (χ2v) is 4.15. The average Bonchev–Trinajstić information content (AvgIpc) is 2.46. The maximum atomic E-state index is 12.9. The first-order valence-electron chi connectivity index (χ1n) is 3.52. The molecule has 0 spiro atoms. The number of likely N-dealkylation sites (tertiary alicyclic amines) is 1. The van der Waals surface area contributed by atoms with Crippen LogP contribution in [0.15, 0.2) is 0 Å². The number of halogens is 3. The molecule has 15 heavy (non-hydrogen) atoms. The highest BCUT2D eigenvalue weighted by molar-refractivity contribution is 7.87. The molecular formula is C5H4F3NO5S. The van der Waals surface area contributed by atoms with Gasteiger partial charge in [0.05, 0.1) is 0 Å². The van der Waals surface area contributed by atoms with Gasteiger partial charge in [-0.15, -0.1) is 0 Å². The molecule has 1 heterocycles. The second kappa shape index (κ2) is 3.45. The molecule has 0 aromatic heterocycles. The maximum Gasteiger partial charge on any atom is 0.465 e. The number of amides is 2. The quantitative estimate of drug-likeness (QED) is 0.514. The van der Waals surface area contributed by atoms with E-state index in [0.29, 0.717) is 0 Å². The molecule has 0 saturated carbocycles. The number of rotatable bonds is 3. The highest BCUT2D eigenvalue weighted by atomic mass is 32.2. The van der Waals surface area contributed by atoms with Gasteiger partial charge in [-0.2, -0.15) is 17.2 Å². The van der Waals surface area contributed by atoms with Crippen LogP contribution in [0.25, 0.3) is 0 Å². The second-order valence-electron chi connectivity index (χ2n) is 2.63. The molecule has 6 nitrogen and oxygen atoms in total.